The number of anilines is 1. The number of hydrogen-bond acceptors (Lipinski definition) is 8. The van der Waals surface area contributed by atoms with Crippen molar-refractivity contribution in [3.63, 3.8) is 0 Å². The van der Waals surface area contributed by atoms with Gasteiger partial charge in [-0.05, 0) is 65.2 Å². The van der Waals surface area contributed by atoms with Crippen molar-refractivity contribution < 1.29 is 22.7 Å². The van der Waals surface area contributed by atoms with Crippen LogP contribution >= 0.6 is 11.3 Å². The van der Waals surface area contributed by atoms with Gasteiger partial charge in [0.1, 0.15) is 5.01 Å². The lowest BCUT2D eigenvalue weighted by atomic mass is 10.0. The summed E-state index contributed by atoms with van der Waals surface area (Å²) in [4.78, 5) is 29.9. The van der Waals surface area contributed by atoms with E-state index in [-0.39, 0.29) is 23.1 Å². The molecule has 1 saturated heterocycles. The molecular weight excluding hydrogens is 589 g/mol. The Hall–Kier alpha value is -3.52. The summed E-state index contributed by atoms with van der Waals surface area (Å²) in [6, 6.07) is 13.8. The highest BCUT2D eigenvalue weighted by atomic mass is 32.2. The molecule has 13 heteroatoms. The molecule has 43 heavy (non-hydrogen) atoms. The van der Waals surface area contributed by atoms with E-state index in [4.69, 9.17) is 4.74 Å². The maximum absolute atomic E-state index is 13.6. The Morgan fingerprint density at radius 2 is 1.86 bits per heavy atom. The van der Waals surface area contributed by atoms with Crippen LogP contribution in [0.4, 0.5) is 15.3 Å². The number of ether oxygens (including phenoxy) is 1. The van der Waals surface area contributed by atoms with E-state index in [0.29, 0.717) is 29.2 Å². The fourth-order valence-electron chi connectivity index (χ4n) is 4.62. The molecule has 0 saturated carbocycles. The minimum atomic E-state index is -3.96. The summed E-state index contributed by atoms with van der Waals surface area (Å²) in [5.74, 6) is 0. The SMILES string of the molecule is CC(C)OC(=O)NC1CCC(c2ncc(-c3ccc(NC(=O)NCc4ccccc4)cc3S(=O)(=O)NC(C)(C)C)s2)NC1. The second-order valence-corrected chi connectivity index (χ2v) is 14.5. The Morgan fingerprint density at radius 3 is 2.51 bits per heavy atom. The zero-order valence-corrected chi connectivity index (χ0v) is 26.7. The third-order valence-corrected chi connectivity index (χ3v) is 9.37. The number of carbonyl (C=O) groups excluding carboxylic acids is 2. The number of piperidine rings is 1. The van der Waals surface area contributed by atoms with E-state index >= 15 is 0 Å². The average Bonchev–Trinajstić information content (AvgIpc) is 3.41. The van der Waals surface area contributed by atoms with Crippen LogP contribution in [0.15, 0.2) is 59.6 Å². The van der Waals surface area contributed by atoms with Crippen LogP contribution in [0.5, 0.6) is 0 Å². The number of thiazole rings is 1. The maximum Gasteiger partial charge on any atom is 0.407 e. The lowest BCUT2D eigenvalue weighted by molar-refractivity contribution is 0.110. The highest BCUT2D eigenvalue weighted by molar-refractivity contribution is 7.89. The van der Waals surface area contributed by atoms with E-state index < -0.39 is 27.7 Å². The second-order valence-electron chi connectivity index (χ2n) is 11.8. The number of benzene rings is 2. The van der Waals surface area contributed by atoms with Gasteiger partial charge in [0.25, 0.3) is 0 Å². The summed E-state index contributed by atoms with van der Waals surface area (Å²) in [6.07, 6.45) is 2.56. The Balaban J connectivity index is 1.50. The van der Waals surface area contributed by atoms with Gasteiger partial charge in [-0.3, -0.25) is 0 Å². The molecule has 2 aromatic carbocycles. The molecule has 3 amide bonds. The molecule has 2 heterocycles. The van der Waals surface area contributed by atoms with E-state index in [1.165, 1.54) is 17.4 Å². The number of aromatic nitrogens is 1. The number of rotatable bonds is 9. The average molecular weight is 629 g/mol. The second kappa shape index (κ2) is 13.8. The Kier molecular flexibility index (Phi) is 10.4. The predicted octanol–water partition coefficient (Wildman–Crippen LogP) is 5.14. The molecule has 232 valence electrons. The smallest absolute Gasteiger partial charge is 0.407 e. The number of urea groups is 1. The maximum atomic E-state index is 13.6. The Morgan fingerprint density at radius 1 is 1.12 bits per heavy atom. The molecule has 1 aliphatic rings. The monoisotopic (exact) mass is 628 g/mol. The largest absolute Gasteiger partial charge is 0.447 e. The molecule has 11 nitrogen and oxygen atoms in total. The van der Waals surface area contributed by atoms with Crippen molar-refractivity contribution in [3.05, 3.63) is 65.3 Å². The highest BCUT2D eigenvalue weighted by Crippen LogP contribution is 2.37. The number of carbonyl (C=O) groups is 2. The third kappa shape index (κ3) is 9.48. The Labute approximate surface area is 257 Å². The van der Waals surface area contributed by atoms with Gasteiger partial charge in [0.15, 0.2) is 0 Å². The molecule has 1 aliphatic heterocycles. The van der Waals surface area contributed by atoms with Gasteiger partial charge in [-0.15, -0.1) is 11.3 Å². The quantitative estimate of drug-likeness (QED) is 0.220. The van der Waals surface area contributed by atoms with E-state index in [1.807, 2.05) is 30.3 Å². The third-order valence-electron chi connectivity index (χ3n) is 6.43. The predicted molar refractivity (Wildman–Crippen MR) is 168 cm³/mol. The van der Waals surface area contributed by atoms with Crippen LogP contribution in [0.2, 0.25) is 0 Å². The minimum Gasteiger partial charge on any atom is -0.447 e. The van der Waals surface area contributed by atoms with Crippen LogP contribution in [0, 0.1) is 0 Å². The lowest BCUT2D eigenvalue weighted by Crippen LogP contribution is -2.47. The summed E-state index contributed by atoms with van der Waals surface area (Å²) in [5, 5.41) is 12.7. The van der Waals surface area contributed by atoms with Crippen LogP contribution in [0.25, 0.3) is 10.4 Å². The van der Waals surface area contributed by atoms with Crippen LogP contribution < -0.4 is 26.0 Å². The van der Waals surface area contributed by atoms with Gasteiger partial charge in [-0.1, -0.05) is 36.4 Å². The van der Waals surface area contributed by atoms with E-state index in [1.54, 1.807) is 52.9 Å². The molecule has 1 fully saturated rings. The summed E-state index contributed by atoms with van der Waals surface area (Å²) in [5.41, 5.74) is 1.06. The summed E-state index contributed by atoms with van der Waals surface area (Å²) >= 11 is 1.41. The van der Waals surface area contributed by atoms with Gasteiger partial charge in [0.05, 0.1) is 21.9 Å². The molecule has 0 radical (unpaired) electrons. The molecule has 1 aromatic heterocycles. The number of amides is 3. The summed E-state index contributed by atoms with van der Waals surface area (Å²) in [7, 11) is -3.96. The first-order valence-electron chi connectivity index (χ1n) is 14.2. The van der Waals surface area contributed by atoms with Gasteiger partial charge in [0, 0.05) is 42.1 Å². The van der Waals surface area contributed by atoms with Crippen LogP contribution in [0.1, 0.15) is 64.1 Å². The minimum absolute atomic E-state index is 0.0278. The van der Waals surface area contributed by atoms with Crippen molar-refractivity contribution in [1.82, 2.24) is 25.7 Å². The number of alkyl carbamates (subject to hydrolysis) is 1. The number of sulfonamides is 1. The van der Waals surface area contributed by atoms with Crippen LogP contribution in [-0.4, -0.2) is 49.8 Å². The molecule has 2 atom stereocenters. The molecule has 5 N–H and O–H groups in total. The molecular formula is C30H40N6O5S2. The number of nitrogens with zero attached hydrogens (tertiary/aromatic N) is 1. The zero-order valence-electron chi connectivity index (χ0n) is 25.1. The van der Waals surface area contributed by atoms with Crippen LogP contribution in [0.3, 0.4) is 0 Å². The van der Waals surface area contributed by atoms with Gasteiger partial charge in [-0.25, -0.2) is 27.7 Å². The Bertz CT molecular complexity index is 1510. The standard InChI is InChI=1S/C30H40N6O5S2/c1-19(2)41-29(38)35-22-12-14-24(31-17-22)27-32-18-25(42-27)23-13-11-21(15-26(23)43(39,40)36-30(3,4)5)34-28(37)33-16-20-9-7-6-8-10-20/h6-11,13,15,18-19,22,24,31,36H,12,14,16-17H2,1-5H3,(H,35,38)(H2,33,34,37). The van der Waals surface area contributed by atoms with Crippen molar-refractivity contribution in [2.45, 2.75) is 82.6 Å². The topological polar surface area (TPSA) is 151 Å². The number of hydrogen-bond donors (Lipinski definition) is 5. The van der Waals surface area contributed by atoms with Gasteiger partial charge < -0.3 is 26.0 Å². The van der Waals surface area contributed by atoms with Crippen LogP contribution in [-0.2, 0) is 21.3 Å². The molecule has 0 bridgehead atoms. The van der Waals surface area contributed by atoms with Crippen molar-refractivity contribution in [2.24, 2.45) is 0 Å². The number of nitrogens with one attached hydrogen (secondary N) is 5. The van der Waals surface area contributed by atoms with Crippen molar-refractivity contribution in [2.75, 3.05) is 11.9 Å². The molecule has 2 unspecified atom stereocenters. The normalized spacial score (nSPS) is 17.3. The van der Waals surface area contributed by atoms with Crippen molar-refractivity contribution >= 4 is 39.2 Å². The fourth-order valence-corrected chi connectivity index (χ4v) is 7.41. The van der Waals surface area contributed by atoms with Gasteiger partial charge in [-0.2, -0.15) is 0 Å². The first-order chi connectivity index (χ1) is 20.3. The first-order valence-corrected chi connectivity index (χ1v) is 16.5. The van der Waals surface area contributed by atoms with E-state index in [0.717, 1.165) is 23.4 Å². The van der Waals surface area contributed by atoms with Gasteiger partial charge >= 0.3 is 12.1 Å². The fraction of sp³-hybridized carbons (Fsp3) is 0.433. The zero-order chi connectivity index (χ0) is 31.2. The first kappa shape index (κ1) is 32.4. The van der Waals surface area contributed by atoms with Gasteiger partial charge in [0.2, 0.25) is 10.0 Å². The summed E-state index contributed by atoms with van der Waals surface area (Å²) in [6.45, 7) is 9.82. The lowest BCUT2D eigenvalue weighted by Gasteiger charge is -2.29. The van der Waals surface area contributed by atoms with E-state index in [9.17, 15) is 18.0 Å². The van der Waals surface area contributed by atoms with E-state index in [2.05, 4.69) is 31.0 Å². The molecule has 0 aliphatic carbocycles. The molecule has 4 rings (SSSR count). The highest BCUT2D eigenvalue weighted by Gasteiger charge is 2.29. The van der Waals surface area contributed by atoms with Crippen molar-refractivity contribution in [3.8, 4) is 10.4 Å². The molecule has 3 aromatic rings. The summed E-state index contributed by atoms with van der Waals surface area (Å²) < 4.78 is 35.1. The van der Waals surface area contributed by atoms with Crippen molar-refractivity contribution in [1.29, 1.82) is 0 Å². The molecule has 0 spiro atoms.